The van der Waals surface area contributed by atoms with Crippen LogP contribution in [-0.4, -0.2) is 48.1 Å². The van der Waals surface area contributed by atoms with Gasteiger partial charge >= 0.3 is 0 Å². The summed E-state index contributed by atoms with van der Waals surface area (Å²) in [6.07, 6.45) is 6.94. The van der Waals surface area contributed by atoms with Crippen LogP contribution in [0.15, 0.2) is 36.9 Å². The Balaban J connectivity index is 2.00. The predicted octanol–water partition coefficient (Wildman–Crippen LogP) is 2.10. The molecule has 3 aromatic rings. The van der Waals surface area contributed by atoms with E-state index in [2.05, 4.69) is 26.5 Å². The number of nitrogens with two attached hydrogens (primary N) is 2. The largest absolute Gasteiger partial charge is 0.397 e. The van der Waals surface area contributed by atoms with E-state index in [4.69, 9.17) is 16.8 Å². The van der Waals surface area contributed by atoms with E-state index in [-0.39, 0.29) is 12.6 Å². The second-order valence-electron chi connectivity index (χ2n) is 8.30. The number of anilines is 1. The second kappa shape index (κ2) is 9.21. The Bertz CT molecular complexity index is 1170. The van der Waals surface area contributed by atoms with E-state index in [1.807, 2.05) is 26.8 Å². The van der Waals surface area contributed by atoms with Crippen LogP contribution < -0.4 is 16.9 Å². The van der Waals surface area contributed by atoms with E-state index < -0.39 is 5.60 Å². The van der Waals surface area contributed by atoms with E-state index in [0.717, 1.165) is 11.1 Å². The van der Waals surface area contributed by atoms with Gasteiger partial charge in [0.15, 0.2) is 11.5 Å². The third-order valence-corrected chi connectivity index (χ3v) is 4.99. The number of pyridine rings is 2. The summed E-state index contributed by atoms with van der Waals surface area (Å²) in [4.78, 5) is 8.88. The van der Waals surface area contributed by atoms with Gasteiger partial charge in [-0.25, -0.2) is 15.8 Å². The van der Waals surface area contributed by atoms with Crippen LogP contribution in [-0.2, 0) is 0 Å². The monoisotopic (exact) mass is 435 g/mol. The van der Waals surface area contributed by atoms with Crippen LogP contribution in [0.2, 0.25) is 0 Å². The first-order valence-electron chi connectivity index (χ1n) is 10.4. The smallest absolute Gasteiger partial charge is 0.164 e. The van der Waals surface area contributed by atoms with Gasteiger partial charge in [-0.3, -0.25) is 0 Å². The number of hydrogen-bond acceptors (Lipinski definition) is 9. The van der Waals surface area contributed by atoms with E-state index in [0.29, 0.717) is 34.7 Å². The molecule has 1 atom stereocenters. The Labute approximate surface area is 187 Å². The number of nitrogens with one attached hydrogen (secondary N) is 1. The van der Waals surface area contributed by atoms with Gasteiger partial charge in [-0.15, -0.1) is 0 Å². The van der Waals surface area contributed by atoms with Crippen LogP contribution in [0.25, 0.3) is 22.5 Å². The van der Waals surface area contributed by atoms with Crippen molar-refractivity contribution >= 4 is 22.4 Å². The van der Waals surface area contributed by atoms with Crippen LogP contribution in [0.1, 0.15) is 45.2 Å². The van der Waals surface area contributed by atoms with Gasteiger partial charge in [-0.1, -0.05) is 6.92 Å². The Morgan fingerprint density at radius 1 is 1.34 bits per heavy atom. The molecular formula is C22H29N9O. The molecule has 32 heavy (non-hydrogen) atoms. The van der Waals surface area contributed by atoms with Crippen molar-refractivity contribution in [2.45, 2.75) is 45.8 Å². The first-order chi connectivity index (χ1) is 15.1. The average molecular weight is 436 g/mol. The van der Waals surface area contributed by atoms with Gasteiger partial charge in [0.1, 0.15) is 6.07 Å². The number of fused-ring (bicyclic) bond motifs is 1. The number of nitriles is 1. The highest BCUT2D eigenvalue weighted by Crippen LogP contribution is 2.25. The highest BCUT2D eigenvalue weighted by atomic mass is 16.3. The van der Waals surface area contributed by atoms with Crippen molar-refractivity contribution in [1.82, 2.24) is 24.8 Å². The molecule has 1 unspecified atom stereocenters. The summed E-state index contributed by atoms with van der Waals surface area (Å²) in [6.45, 7) is 7.89. The van der Waals surface area contributed by atoms with Crippen LogP contribution in [0.5, 0.6) is 0 Å². The minimum absolute atomic E-state index is 0.136. The molecule has 3 rings (SSSR count). The lowest BCUT2D eigenvalue weighted by molar-refractivity contribution is 0.0291. The number of hydrazine groups is 1. The van der Waals surface area contributed by atoms with Crippen molar-refractivity contribution < 1.29 is 5.11 Å². The topological polar surface area (TPSA) is 155 Å². The molecule has 3 heterocycles. The number of hydrogen-bond donors (Lipinski definition) is 4. The highest BCUT2D eigenvalue weighted by Gasteiger charge is 2.20. The summed E-state index contributed by atoms with van der Waals surface area (Å²) < 4.78 is 1.61. The van der Waals surface area contributed by atoms with Crippen molar-refractivity contribution in [2.75, 3.05) is 11.9 Å². The van der Waals surface area contributed by atoms with Crippen molar-refractivity contribution in [3.8, 4) is 11.9 Å². The van der Waals surface area contributed by atoms with Gasteiger partial charge in [0.25, 0.3) is 0 Å². The molecule has 0 amide bonds. The maximum Gasteiger partial charge on any atom is 0.164 e. The normalized spacial score (nSPS) is 13.8. The minimum atomic E-state index is -0.924. The third kappa shape index (κ3) is 5.14. The lowest BCUT2D eigenvalue weighted by Crippen LogP contribution is -2.41. The standard InChI is InChI=1S/C22H29N9O/c1-5-22(4,32)13-30(25)12-18(24)17-11-26-20(7-19(17)29-14(2)3)31-21-16(10-28-31)6-15(8-23)9-27-21/h6-7,9-12,14,32H,5,13,24-25H2,1-4H3,(H,26,29)/b18-12-. The maximum absolute atomic E-state index is 10.3. The van der Waals surface area contributed by atoms with E-state index in [1.54, 1.807) is 36.3 Å². The third-order valence-electron chi connectivity index (χ3n) is 4.99. The molecule has 0 bridgehead atoms. The SMILES string of the molecule is CCC(C)(O)CN(N)/C=C(\N)c1cnc(-n2ncc3cc(C#N)cnc32)cc1NC(C)C. The zero-order valence-electron chi connectivity index (χ0n) is 18.7. The summed E-state index contributed by atoms with van der Waals surface area (Å²) in [5, 5.41) is 29.2. The molecule has 0 aliphatic rings. The molecule has 168 valence electrons. The van der Waals surface area contributed by atoms with Crippen LogP contribution in [0.4, 0.5) is 5.69 Å². The molecule has 0 radical (unpaired) electrons. The molecule has 0 aliphatic heterocycles. The molecule has 3 aromatic heterocycles. The second-order valence-corrected chi connectivity index (χ2v) is 8.30. The molecule has 0 aromatic carbocycles. The van der Waals surface area contributed by atoms with Gasteiger partial charge in [-0.2, -0.15) is 15.0 Å². The molecular weight excluding hydrogens is 406 g/mol. The number of nitrogens with zero attached hydrogens (tertiary/aromatic N) is 6. The van der Waals surface area contributed by atoms with Gasteiger partial charge < -0.3 is 21.2 Å². The first-order valence-corrected chi connectivity index (χ1v) is 10.4. The number of aliphatic hydroxyl groups is 1. The summed E-state index contributed by atoms with van der Waals surface area (Å²) in [7, 11) is 0. The van der Waals surface area contributed by atoms with E-state index >= 15 is 0 Å². The van der Waals surface area contributed by atoms with Crippen LogP contribution in [0, 0.1) is 11.3 Å². The quantitative estimate of drug-likeness (QED) is 0.307. The minimum Gasteiger partial charge on any atom is -0.397 e. The average Bonchev–Trinajstić information content (AvgIpc) is 3.15. The fourth-order valence-electron chi connectivity index (χ4n) is 3.17. The van der Waals surface area contributed by atoms with E-state index in [9.17, 15) is 5.11 Å². The lowest BCUT2D eigenvalue weighted by Gasteiger charge is -2.27. The van der Waals surface area contributed by atoms with Crippen molar-refractivity contribution in [2.24, 2.45) is 11.6 Å². The number of aromatic nitrogens is 4. The molecule has 0 saturated carbocycles. The van der Waals surface area contributed by atoms with E-state index in [1.165, 1.54) is 11.2 Å². The summed E-state index contributed by atoms with van der Waals surface area (Å²) in [5.41, 5.74) is 8.31. The molecule has 10 heteroatoms. The van der Waals surface area contributed by atoms with Crippen LogP contribution in [0.3, 0.4) is 0 Å². The van der Waals surface area contributed by atoms with Crippen molar-refractivity contribution in [1.29, 1.82) is 5.26 Å². The molecule has 0 saturated heterocycles. The Hall–Kier alpha value is -3.68. The predicted molar refractivity (Wildman–Crippen MR) is 124 cm³/mol. The Morgan fingerprint density at radius 2 is 2.09 bits per heavy atom. The first kappa shape index (κ1) is 23.0. The fourth-order valence-corrected chi connectivity index (χ4v) is 3.17. The molecule has 6 N–H and O–H groups in total. The van der Waals surface area contributed by atoms with Crippen LogP contribution >= 0.6 is 0 Å². The zero-order valence-corrected chi connectivity index (χ0v) is 18.7. The molecule has 0 spiro atoms. The fraction of sp³-hybridized carbons (Fsp3) is 0.364. The Morgan fingerprint density at radius 3 is 2.75 bits per heavy atom. The summed E-state index contributed by atoms with van der Waals surface area (Å²) >= 11 is 0. The molecule has 0 aliphatic carbocycles. The summed E-state index contributed by atoms with van der Waals surface area (Å²) in [6, 6.07) is 5.78. The van der Waals surface area contributed by atoms with Gasteiger partial charge in [0.05, 0.1) is 29.6 Å². The highest BCUT2D eigenvalue weighted by molar-refractivity contribution is 5.79. The lowest BCUT2D eigenvalue weighted by atomic mass is 10.0. The molecule has 10 nitrogen and oxygen atoms in total. The van der Waals surface area contributed by atoms with Gasteiger partial charge in [0, 0.05) is 47.3 Å². The van der Waals surface area contributed by atoms with Gasteiger partial charge in [0.2, 0.25) is 0 Å². The molecule has 0 fully saturated rings. The van der Waals surface area contributed by atoms with Crippen molar-refractivity contribution in [3.05, 3.63) is 48.1 Å². The number of rotatable bonds is 8. The summed E-state index contributed by atoms with van der Waals surface area (Å²) in [5.74, 6) is 6.60. The zero-order chi connectivity index (χ0) is 23.5. The van der Waals surface area contributed by atoms with Crippen molar-refractivity contribution in [3.63, 3.8) is 0 Å². The maximum atomic E-state index is 10.3. The van der Waals surface area contributed by atoms with Gasteiger partial charge in [-0.05, 0) is 33.3 Å². The Kier molecular flexibility index (Phi) is 6.62.